The fourth-order valence-electron chi connectivity index (χ4n) is 4.51. The minimum absolute atomic E-state index is 0.0190. The van der Waals surface area contributed by atoms with Crippen molar-refractivity contribution in [2.45, 2.75) is 66.1 Å². The number of carbonyl (C=O) groups is 1. The first-order chi connectivity index (χ1) is 13.7. The maximum Gasteiger partial charge on any atom is 0.405 e. The van der Waals surface area contributed by atoms with Crippen LogP contribution in [0.3, 0.4) is 0 Å². The van der Waals surface area contributed by atoms with Crippen molar-refractivity contribution in [2.75, 3.05) is 11.4 Å². The van der Waals surface area contributed by atoms with Gasteiger partial charge in [0.15, 0.2) is 5.69 Å². The molecule has 1 atom stereocenters. The van der Waals surface area contributed by atoms with E-state index in [1.165, 1.54) is 16.0 Å². The number of aromatic nitrogens is 2. The second-order valence-electron chi connectivity index (χ2n) is 9.58. The molecule has 0 spiro atoms. The summed E-state index contributed by atoms with van der Waals surface area (Å²) >= 11 is 0. The molecule has 0 fully saturated rings. The van der Waals surface area contributed by atoms with E-state index in [0.717, 1.165) is 30.8 Å². The lowest BCUT2D eigenvalue weighted by Crippen LogP contribution is -2.46. The number of carboxylic acids is 1. The van der Waals surface area contributed by atoms with Gasteiger partial charge >= 0.3 is 12.1 Å². The van der Waals surface area contributed by atoms with Crippen LogP contribution >= 0.6 is 0 Å². The molecule has 0 aliphatic heterocycles. The number of halogens is 3. The van der Waals surface area contributed by atoms with E-state index in [2.05, 4.69) is 37.7 Å². The van der Waals surface area contributed by atoms with Crippen LogP contribution in [0.1, 0.15) is 64.4 Å². The molecule has 2 aliphatic carbocycles. The Labute approximate surface area is 174 Å². The number of rotatable bonds is 4. The molecule has 0 saturated carbocycles. The lowest BCUT2D eigenvalue weighted by atomic mass is 9.59. The number of nitrogens with zero attached hydrogens (tertiary/aromatic N) is 3. The largest absolute Gasteiger partial charge is 0.476 e. The third-order valence-corrected chi connectivity index (χ3v) is 6.42. The van der Waals surface area contributed by atoms with Gasteiger partial charge in [-0.3, -0.25) is 0 Å². The molecule has 0 aromatic carbocycles. The summed E-state index contributed by atoms with van der Waals surface area (Å²) in [4.78, 5) is 20.0. The van der Waals surface area contributed by atoms with Gasteiger partial charge in [0.05, 0.1) is 18.4 Å². The van der Waals surface area contributed by atoms with Crippen LogP contribution in [-0.4, -0.2) is 39.8 Å². The molecule has 0 amide bonds. The SMILES string of the molecule is CC1=CC2=C(CC1N(CC(F)(F)F)c1cnc(C(=O)O)cn1)C(C)(C)CCC2(C)C. The number of anilines is 1. The summed E-state index contributed by atoms with van der Waals surface area (Å²) in [6.07, 6.45) is 2.21. The third kappa shape index (κ3) is 4.37. The first-order valence-electron chi connectivity index (χ1n) is 10.0. The highest BCUT2D eigenvalue weighted by Crippen LogP contribution is 2.53. The number of allylic oxidation sites excluding steroid dienone is 2. The Balaban J connectivity index is 2.04. The maximum absolute atomic E-state index is 13.5. The first-order valence-corrected chi connectivity index (χ1v) is 10.0. The van der Waals surface area contributed by atoms with E-state index in [1.54, 1.807) is 0 Å². The Morgan fingerprint density at radius 3 is 2.33 bits per heavy atom. The van der Waals surface area contributed by atoms with Gasteiger partial charge in [-0.25, -0.2) is 14.8 Å². The van der Waals surface area contributed by atoms with Gasteiger partial charge < -0.3 is 10.0 Å². The van der Waals surface area contributed by atoms with Gasteiger partial charge in [0.25, 0.3) is 0 Å². The van der Waals surface area contributed by atoms with Gasteiger partial charge in [-0.05, 0) is 42.6 Å². The van der Waals surface area contributed by atoms with E-state index in [-0.39, 0.29) is 22.3 Å². The molecule has 30 heavy (non-hydrogen) atoms. The van der Waals surface area contributed by atoms with Crippen LogP contribution in [0.2, 0.25) is 0 Å². The van der Waals surface area contributed by atoms with Gasteiger partial charge in [-0.2, -0.15) is 13.2 Å². The van der Waals surface area contributed by atoms with Crippen molar-refractivity contribution in [2.24, 2.45) is 10.8 Å². The van der Waals surface area contributed by atoms with E-state index < -0.39 is 24.7 Å². The average Bonchev–Trinajstić information content (AvgIpc) is 2.63. The first kappa shape index (κ1) is 22.3. The Bertz CT molecular complexity index is 899. The predicted octanol–water partition coefficient (Wildman–Crippen LogP) is 5.40. The van der Waals surface area contributed by atoms with E-state index in [4.69, 9.17) is 5.11 Å². The Morgan fingerprint density at radius 1 is 1.17 bits per heavy atom. The van der Waals surface area contributed by atoms with Crippen molar-refractivity contribution in [1.82, 2.24) is 9.97 Å². The fraction of sp³-hybridized carbons (Fsp3) is 0.591. The zero-order valence-electron chi connectivity index (χ0n) is 18.0. The summed E-state index contributed by atoms with van der Waals surface area (Å²) in [7, 11) is 0. The van der Waals surface area contributed by atoms with Gasteiger partial charge in [0.1, 0.15) is 12.4 Å². The normalized spacial score (nSPS) is 22.9. The Hall–Kier alpha value is -2.38. The second-order valence-corrected chi connectivity index (χ2v) is 9.58. The van der Waals surface area contributed by atoms with Crippen LogP contribution in [0, 0.1) is 10.8 Å². The van der Waals surface area contributed by atoms with Crippen LogP contribution in [0.5, 0.6) is 0 Å². The van der Waals surface area contributed by atoms with Crippen molar-refractivity contribution in [3.8, 4) is 0 Å². The lowest BCUT2D eigenvalue weighted by molar-refractivity contribution is -0.120. The molecule has 1 unspecified atom stereocenters. The Kier molecular flexibility index (Phi) is 5.50. The summed E-state index contributed by atoms with van der Waals surface area (Å²) in [6.45, 7) is 9.35. The van der Waals surface area contributed by atoms with Crippen molar-refractivity contribution in [1.29, 1.82) is 0 Å². The van der Waals surface area contributed by atoms with Crippen LogP contribution in [0.25, 0.3) is 0 Å². The van der Waals surface area contributed by atoms with Crippen molar-refractivity contribution in [3.63, 3.8) is 0 Å². The number of alkyl halides is 3. The molecule has 0 radical (unpaired) electrons. The molecule has 1 N–H and O–H groups in total. The molecule has 1 aromatic heterocycles. The molecule has 8 heteroatoms. The van der Waals surface area contributed by atoms with Crippen molar-refractivity contribution < 1.29 is 23.1 Å². The highest BCUT2D eigenvalue weighted by atomic mass is 19.4. The predicted molar refractivity (Wildman–Crippen MR) is 108 cm³/mol. The molecular weight excluding hydrogens is 395 g/mol. The summed E-state index contributed by atoms with van der Waals surface area (Å²) < 4.78 is 40.4. The van der Waals surface area contributed by atoms with E-state index >= 15 is 0 Å². The zero-order chi connectivity index (χ0) is 22.5. The molecule has 5 nitrogen and oxygen atoms in total. The summed E-state index contributed by atoms with van der Waals surface area (Å²) in [5.74, 6) is -1.25. The quantitative estimate of drug-likeness (QED) is 0.702. The fourth-order valence-corrected chi connectivity index (χ4v) is 4.51. The molecule has 2 aliphatic rings. The van der Waals surface area contributed by atoms with Gasteiger partial charge in [-0.15, -0.1) is 0 Å². The number of hydrogen-bond acceptors (Lipinski definition) is 4. The van der Waals surface area contributed by atoms with Crippen LogP contribution < -0.4 is 4.90 Å². The van der Waals surface area contributed by atoms with E-state index in [1.807, 2.05) is 13.0 Å². The van der Waals surface area contributed by atoms with Gasteiger partial charge in [0.2, 0.25) is 0 Å². The van der Waals surface area contributed by atoms with E-state index in [0.29, 0.717) is 6.42 Å². The van der Waals surface area contributed by atoms with Crippen LogP contribution in [-0.2, 0) is 0 Å². The standard InChI is InChI=1S/C22H28F3N3O2/c1-13-8-14-15(21(4,5)7-6-20(14,2)3)9-17(13)28(12-22(23,24)25)18-11-26-16(10-27-18)19(29)30/h8,10-11,17H,6-7,9,12H2,1-5H3,(H,29,30). The average molecular weight is 423 g/mol. The minimum atomic E-state index is -4.44. The molecule has 164 valence electrons. The number of carboxylic acid groups (broad SMARTS) is 1. The highest BCUT2D eigenvalue weighted by molar-refractivity contribution is 5.84. The maximum atomic E-state index is 13.5. The highest BCUT2D eigenvalue weighted by Gasteiger charge is 2.44. The lowest BCUT2D eigenvalue weighted by Gasteiger charge is -2.48. The molecule has 0 saturated heterocycles. The van der Waals surface area contributed by atoms with Crippen LogP contribution in [0.4, 0.5) is 19.0 Å². The molecule has 1 aromatic rings. The monoisotopic (exact) mass is 423 g/mol. The molecule has 3 rings (SSSR count). The summed E-state index contributed by atoms with van der Waals surface area (Å²) in [5, 5.41) is 9.02. The van der Waals surface area contributed by atoms with Crippen molar-refractivity contribution in [3.05, 3.63) is 40.9 Å². The third-order valence-electron chi connectivity index (χ3n) is 6.42. The summed E-state index contributed by atoms with van der Waals surface area (Å²) in [6, 6.07) is -0.525. The van der Waals surface area contributed by atoms with Crippen molar-refractivity contribution >= 4 is 11.8 Å². The molecular formula is C22H28F3N3O2. The second kappa shape index (κ2) is 7.39. The molecule has 1 heterocycles. The molecule has 0 bridgehead atoms. The number of aromatic carboxylic acids is 1. The van der Waals surface area contributed by atoms with Gasteiger partial charge in [-0.1, -0.05) is 44.9 Å². The van der Waals surface area contributed by atoms with Gasteiger partial charge in [0, 0.05) is 0 Å². The Morgan fingerprint density at radius 2 is 1.80 bits per heavy atom. The van der Waals surface area contributed by atoms with Crippen LogP contribution in [0.15, 0.2) is 35.2 Å². The zero-order valence-corrected chi connectivity index (χ0v) is 18.0. The minimum Gasteiger partial charge on any atom is -0.476 e. The van der Waals surface area contributed by atoms with E-state index in [9.17, 15) is 18.0 Å². The topological polar surface area (TPSA) is 66.3 Å². The summed E-state index contributed by atoms with van der Waals surface area (Å²) in [5.41, 5.74) is 2.84. The number of hydrogen-bond donors (Lipinski definition) is 1. The smallest absolute Gasteiger partial charge is 0.405 e.